The molecule has 106 valence electrons. The summed E-state index contributed by atoms with van der Waals surface area (Å²) in [6.45, 7) is 1.21. The summed E-state index contributed by atoms with van der Waals surface area (Å²) in [6, 6.07) is 0. The number of hydrogen-bond donors (Lipinski definition) is 1. The molecule has 0 heterocycles. The molecular formula is C10H17F2NO4S. The van der Waals surface area contributed by atoms with Gasteiger partial charge in [0.25, 0.3) is 0 Å². The van der Waals surface area contributed by atoms with E-state index in [1.165, 1.54) is 0 Å². The summed E-state index contributed by atoms with van der Waals surface area (Å²) >= 11 is 0. The molecule has 1 fully saturated rings. The number of carbonyl (C=O) groups is 1. The Morgan fingerprint density at radius 2 is 2.00 bits per heavy atom. The molecule has 1 saturated carbocycles. The molecule has 1 N–H and O–H groups in total. The highest BCUT2D eigenvalue weighted by Gasteiger charge is 2.47. The molecular weight excluding hydrogens is 268 g/mol. The minimum absolute atomic E-state index is 0.0950. The van der Waals surface area contributed by atoms with E-state index >= 15 is 0 Å². The zero-order valence-corrected chi connectivity index (χ0v) is 10.9. The standard InChI is InChI=1S/C10H17F2NO4S/c1-2-3-13(6-9(14)15)18(16,17)7-8-4-10(11,12)5-8/h8H,2-7H2,1H3,(H,14,15). The maximum Gasteiger partial charge on any atom is 0.318 e. The molecule has 18 heavy (non-hydrogen) atoms. The summed E-state index contributed by atoms with van der Waals surface area (Å²) in [6.07, 6.45) is -0.383. The Morgan fingerprint density at radius 3 is 2.39 bits per heavy atom. The van der Waals surface area contributed by atoms with E-state index in [9.17, 15) is 22.0 Å². The molecule has 0 unspecified atom stereocenters. The topological polar surface area (TPSA) is 74.7 Å². The number of hydrogen-bond acceptors (Lipinski definition) is 3. The lowest BCUT2D eigenvalue weighted by Crippen LogP contribution is -2.44. The minimum atomic E-state index is -3.77. The summed E-state index contributed by atoms with van der Waals surface area (Å²) in [5, 5.41) is 8.64. The lowest BCUT2D eigenvalue weighted by atomic mass is 9.83. The number of sulfonamides is 1. The van der Waals surface area contributed by atoms with Crippen molar-refractivity contribution >= 4 is 16.0 Å². The van der Waals surface area contributed by atoms with Gasteiger partial charge >= 0.3 is 5.97 Å². The number of nitrogens with zero attached hydrogens (tertiary/aromatic N) is 1. The number of carboxylic acids is 1. The quantitative estimate of drug-likeness (QED) is 0.761. The largest absolute Gasteiger partial charge is 0.480 e. The highest BCUT2D eigenvalue weighted by molar-refractivity contribution is 7.89. The van der Waals surface area contributed by atoms with E-state index in [4.69, 9.17) is 5.11 Å². The van der Waals surface area contributed by atoms with Gasteiger partial charge in [0.2, 0.25) is 15.9 Å². The molecule has 1 rings (SSSR count). The van der Waals surface area contributed by atoms with E-state index in [1.54, 1.807) is 6.92 Å². The van der Waals surface area contributed by atoms with E-state index in [0.717, 1.165) is 4.31 Å². The molecule has 0 radical (unpaired) electrons. The molecule has 1 aliphatic carbocycles. The summed E-state index contributed by atoms with van der Waals surface area (Å²) < 4.78 is 49.9. The van der Waals surface area contributed by atoms with Crippen LogP contribution in [0.2, 0.25) is 0 Å². The number of carboxylic acid groups (broad SMARTS) is 1. The van der Waals surface area contributed by atoms with Crippen LogP contribution in [0.25, 0.3) is 0 Å². The van der Waals surface area contributed by atoms with Crippen molar-refractivity contribution in [2.24, 2.45) is 5.92 Å². The first-order valence-electron chi connectivity index (χ1n) is 5.74. The second kappa shape index (κ2) is 5.48. The van der Waals surface area contributed by atoms with Crippen LogP contribution in [0.5, 0.6) is 0 Å². The molecule has 0 aromatic carbocycles. The summed E-state index contributed by atoms with van der Waals surface area (Å²) in [5.41, 5.74) is 0. The van der Waals surface area contributed by atoms with Gasteiger partial charge in [-0.2, -0.15) is 4.31 Å². The van der Waals surface area contributed by atoms with Gasteiger partial charge in [-0.05, 0) is 12.3 Å². The summed E-state index contributed by atoms with van der Waals surface area (Å²) in [7, 11) is -3.77. The van der Waals surface area contributed by atoms with Crippen molar-refractivity contribution < 1.29 is 27.1 Å². The summed E-state index contributed by atoms with van der Waals surface area (Å²) in [5.74, 6) is -4.97. The van der Waals surface area contributed by atoms with Gasteiger partial charge in [-0.25, -0.2) is 17.2 Å². The van der Waals surface area contributed by atoms with Crippen LogP contribution in [-0.4, -0.2) is 48.6 Å². The van der Waals surface area contributed by atoms with E-state index in [2.05, 4.69) is 0 Å². The Morgan fingerprint density at radius 1 is 1.44 bits per heavy atom. The Balaban J connectivity index is 2.62. The fourth-order valence-electron chi connectivity index (χ4n) is 2.02. The van der Waals surface area contributed by atoms with Gasteiger partial charge in [-0.1, -0.05) is 6.92 Å². The second-order valence-corrected chi connectivity index (χ2v) is 6.65. The van der Waals surface area contributed by atoms with Crippen LogP contribution < -0.4 is 0 Å². The molecule has 1 aliphatic rings. The number of alkyl halides is 2. The molecule has 0 bridgehead atoms. The lowest BCUT2D eigenvalue weighted by molar-refractivity contribution is -0.137. The molecule has 0 amide bonds. The average Bonchev–Trinajstić information content (AvgIpc) is 2.12. The third-order valence-electron chi connectivity index (χ3n) is 2.80. The SMILES string of the molecule is CCCN(CC(=O)O)S(=O)(=O)CC1CC(F)(F)C1. The Bertz CT molecular complexity index is 402. The van der Waals surface area contributed by atoms with E-state index in [0.29, 0.717) is 6.42 Å². The molecule has 0 spiro atoms. The maximum absolute atomic E-state index is 12.6. The fourth-order valence-corrected chi connectivity index (χ4v) is 3.83. The molecule has 0 saturated heterocycles. The van der Waals surface area contributed by atoms with Gasteiger partial charge in [0, 0.05) is 19.4 Å². The molecule has 5 nitrogen and oxygen atoms in total. The van der Waals surface area contributed by atoms with Crippen LogP contribution in [0.15, 0.2) is 0 Å². The van der Waals surface area contributed by atoms with Gasteiger partial charge in [-0.3, -0.25) is 4.79 Å². The monoisotopic (exact) mass is 285 g/mol. The molecule has 0 aromatic heterocycles. The van der Waals surface area contributed by atoms with Gasteiger partial charge in [0.15, 0.2) is 0 Å². The van der Waals surface area contributed by atoms with Crippen molar-refractivity contribution in [1.82, 2.24) is 4.31 Å². The van der Waals surface area contributed by atoms with Crippen molar-refractivity contribution in [1.29, 1.82) is 0 Å². The number of rotatable bonds is 7. The smallest absolute Gasteiger partial charge is 0.318 e. The first kappa shape index (κ1) is 15.3. The number of aliphatic carboxylic acids is 1. The molecule has 0 aromatic rings. The second-order valence-electron chi connectivity index (χ2n) is 4.64. The zero-order chi connectivity index (χ0) is 14.0. The maximum atomic E-state index is 12.6. The van der Waals surface area contributed by atoms with E-state index in [1.807, 2.05) is 0 Å². The van der Waals surface area contributed by atoms with Crippen LogP contribution in [0, 0.1) is 5.92 Å². The third kappa shape index (κ3) is 4.16. The first-order chi connectivity index (χ1) is 8.16. The van der Waals surface area contributed by atoms with Crippen LogP contribution in [0.3, 0.4) is 0 Å². The predicted octanol–water partition coefficient (Wildman–Crippen LogP) is 1.16. The van der Waals surface area contributed by atoms with Gasteiger partial charge < -0.3 is 5.11 Å². The number of halogens is 2. The Hall–Kier alpha value is -0.760. The minimum Gasteiger partial charge on any atom is -0.480 e. The normalized spacial score (nSPS) is 19.8. The lowest BCUT2D eigenvalue weighted by Gasteiger charge is -2.35. The van der Waals surface area contributed by atoms with Crippen molar-refractivity contribution in [3.8, 4) is 0 Å². The van der Waals surface area contributed by atoms with Crippen molar-refractivity contribution in [2.45, 2.75) is 32.1 Å². The van der Waals surface area contributed by atoms with Crippen molar-refractivity contribution in [3.05, 3.63) is 0 Å². The highest BCUT2D eigenvalue weighted by Crippen LogP contribution is 2.43. The fraction of sp³-hybridized carbons (Fsp3) is 0.900. The Kier molecular flexibility index (Phi) is 4.66. The molecule has 0 atom stereocenters. The van der Waals surface area contributed by atoms with Gasteiger partial charge in [0.1, 0.15) is 6.54 Å². The van der Waals surface area contributed by atoms with Crippen LogP contribution >= 0.6 is 0 Å². The van der Waals surface area contributed by atoms with Crippen LogP contribution in [-0.2, 0) is 14.8 Å². The molecule has 8 heteroatoms. The average molecular weight is 285 g/mol. The van der Waals surface area contributed by atoms with E-state index < -0.39 is 53.0 Å². The zero-order valence-electron chi connectivity index (χ0n) is 10.1. The Labute approximate surface area is 105 Å². The predicted molar refractivity (Wildman–Crippen MR) is 61.0 cm³/mol. The summed E-state index contributed by atoms with van der Waals surface area (Å²) in [4.78, 5) is 10.6. The van der Waals surface area contributed by atoms with E-state index in [-0.39, 0.29) is 6.54 Å². The van der Waals surface area contributed by atoms with Gasteiger partial charge in [-0.15, -0.1) is 0 Å². The van der Waals surface area contributed by atoms with Gasteiger partial charge in [0.05, 0.1) is 5.75 Å². The highest BCUT2D eigenvalue weighted by atomic mass is 32.2. The third-order valence-corrected chi connectivity index (χ3v) is 4.79. The van der Waals surface area contributed by atoms with Crippen LogP contribution in [0.1, 0.15) is 26.2 Å². The van der Waals surface area contributed by atoms with Crippen molar-refractivity contribution in [2.75, 3.05) is 18.8 Å². The molecule has 0 aliphatic heterocycles. The van der Waals surface area contributed by atoms with Crippen molar-refractivity contribution in [3.63, 3.8) is 0 Å². The first-order valence-corrected chi connectivity index (χ1v) is 7.34. The van der Waals surface area contributed by atoms with Crippen LogP contribution in [0.4, 0.5) is 8.78 Å².